The number of H-pyrrole nitrogens is 1. The van der Waals surface area contributed by atoms with Crippen molar-refractivity contribution < 1.29 is 9.53 Å². The molecule has 6 heteroatoms. The number of carbonyl (C=O) groups is 1. The SMILES string of the molecule is COc1cccc2c1[nH]c(=S)n2CC(N)=O. The van der Waals surface area contributed by atoms with Crippen LogP contribution in [0.25, 0.3) is 11.0 Å². The lowest BCUT2D eigenvalue weighted by Gasteiger charge is -2.02. The van der Waals surface area contributed by atoms with E-state index < -0.39 is 5.91 Å². The molecule has 0 fully saturated rings. The van der Waals surface area contributed by atoms with Crippen molar-refractivity contribution >= 4 is 29.2 Å². The standard InChI is InChI=1S/C10H11N3O2S/c1-15-7-4-2-3-6-9(7)12-10(16)13(6)5-8(11)14/h2-4H,5H2,1H3,(H2,11,14)(H,12,16). The topological polar surface area (TPSA) is 73.0 Å². The van der Waals surface area contributed by atoms with Crippen molar-refractivity contribution in [2.45, 2.75) is 6.54 Å². The Bertz CT molecular complexity index is 600. The van der Waals surface area contributed by atoms with Crippen LogP contribution in [0.1, 0.15) is 0 Å². The first-order valence-electron chi connectivity index (χ1n) is 4.67. The number of amides is 1. The number of nitrogens with two attached hydrogens (primary N) is 1. The Morgan fingerprint density at radius 2 is 2.38 bits per heavy atom. The monoisotopic (exact) mass is 237 g/mol. The molecule has 0 saturated heterocycles. The van der Waals surface area contributed by atoms with E-state index in [-0.39, 0.29) is 6.54 Å². The first-order valence-corrected chi connectivity index (χ1v) is 5.08. The number of benzene rings is 1. The number of para-hydroxylation sites is 1. The number of nitrogens with zero attached hydrogens (tertiary/aromatic N) is 1. The quantitative estimate of drug-likeness (QED) is 0.788. The van der Waals surface area contributed by atoms with Crippen LogP contribution in [0.5, 0.6) is 5.75 Å². The van der Waals surface area contributed by atoms with Gasteiger partial charge in [-0.15, -0.1) is 0 Å². The fourth-order valence-corrected chi connectivity index (χ4v) is 1.90. The van der Waals surface area contributed by atoms with Crippen LogP contribution in [0.15, 0.2) is 18.2 Å². The molecule has 2 aromatic rings. The van der Waals surface area contributed by atoms with Crippen LogP contribution in [0.3, 0.4) is 0 Å². The molecule has 0 aliphatic rings. The summed E-state index contributed by atoms with van der Waals surface area (Å²) in [6.07, 6.45) is 0. The molecule has 16 heavy (non-hydrogen) atoms. The molecular formula is C10H11N3O2S. The van der Waals surface area contributed by atoms with Crippen LogP contribution in [-0.4, -0.2) is 22.6 Å². The summed E-state index contributed by atoms with van der Waals surface area (Å²) in [5.74, 6) is 0.256. The largest absolute Gasteiger partial charge is 0.494 e. The van der Waals surface area contributed by atoms with Crippen LogP contribution >= 0.6 is 12.2 Å². The number of nitrogens with one attached hydrogen (secondary N) is 1. The normalized spacial score (nSPS) is 10.6. The van der Waals surface area contributed by atoms with Crippen LogP contribution in [-0.2, 0) is 11.3 Å². The maximum Gasteiger partial charge on any atom is 0.237 e. The zero-order valence-corrected chi connectivity index (χ0v) is 9.50. The molecule has 1 aromatic heterocycles. The zero-order valence-electron chi connectivity index (χ0n) is 8.69. The molecule has 1 aromatic carbocycles. The highest BCUT2D eigenvalue weighted by Crippen LogP contribution is 2.24. The van der Waals surface area contributed by atoms with Gasteiger partial charge >= 0.3 is 0 Å². The van der Waals surface area contributed by atoms with Crippen molar-refractivity contribution in [2.24, 2.45) is 5.73 Å². The van der Waals surface area contributed by atoms with Crippen LogP contribution < -0.4 is 10.5 Å². The molecule has 2 rings (SSSR count). The van der Waals surface area contributed by atoms with Crippen LogP contribution in [0.2, 0.25) is 0 Å². The van der Waals surface area contributed by atoms with Crippen molar-refractivity contribution in [3.05, 3.63) is 23.0 Å². The number of aromatic nitrogens is 2. The lowest BCUT2D eigenvalue weighted by molar-refractivity contribution is -0.118. The van der Waals surface area contributed by atoms with E-state index in [0.717, 1.165) is 11.0 Å². The van der Waals surface area contributed by atoms with Gasteiger partial charge < -0.3 is 20.0 Å². The number of imidazole rings is 1. The molecule has 84 valence electrons. The molecule has 0 radical (unpaired) electrons. The first-order chi connectivity index (χ1) is 7.63. The average Bonchev–Trinajstić information content (AvgIpc) is 2.55. The van der Waals surface area contributed by atoms with Gasteiger partial charge in [0.25, 0.3) is 0 Å². The second kappa shape index (κ2) is 3.97. The molecule has 1 heterocycles. The molecule has 3 N–H and O–H groups in total. The van der Waals surface area contributed by atoms with Gasteiger partial charge in [-0.3, -0.25) is 4.79 Å². The Labute approximate surface area is 96.8 Å². The summed E-state index contributed by atoms with van der Waals surface area (Å²) in [6.45, 7) is 0.0615. The van der Waals surface area contributed by atoms with Gasteiger partial charge in [-0.2, -0.15) is 0 Å². The molecule has 5 nitrogen and oxygen atoms in total. The number of carbonyl (C=O) groups excluding carboxylic acids is 1. The number of hydrogen-bond acceptors (Lipinski definition) is 3. The minimum absolute atomic E-state index is 0.0615. The van der Waals surface area contributed by atoms with E-state index in [4.69, 9.17) is 22.7 Å². The summed E-state index contributed by atoms with van der Waals surface area (Å²) in [5.41, 5.74) is 6.75. The third-order valence-electron chi connectivity index (χ3n) is 2.31. The third-order valence-corrected chi connectivity index (χ3v) is 2.63. The predicted octanol–water partition coefficient (Wildman–Crippen LogP) is 1.19. The van der Waals surface area contributed by atoms with E-state index in [2.05, 4.69) is 4.98 Å². The summed E-state index contributed by atoms with van der Waals surface area (Å²) in [7, 11) is 1.58. The fraction of sp³-hybridized carbons (Fsp3) is 0.200. The number of rotatable bonds is 3. The maximum absolute atomic E-state index is 10.9. The minimum atomic E-state index is -0.431. The van der Waals surface area contributed by atoms with E-state index >= 15 is 0 Å². The summed E-state index contributed by atoms with van der Waals surface area (Å²) in [4.78, 5) is 13.9. The van der Waals surface area contributed by atoms with Gasteiger partial charge in [0.15, 0.2) is 4.77 Å². The average molecular weight is 237 g/mol. The molecule has 0 spiro atoms. The van der Waals surface area contributed by atoms with E-state index in [1.54, 1.807) is 11.7 Å². The molecule has 0 aliphatic carbocycles. The lowest BCUT2D eigenvalue weighted by atomic mass is 10.3. The van der Waals surface area contributed by atoms with Crippen molar-refractivity contribution in [3.8, 4) is 5.75 Å². The van der Waals surface area contributed by atoms with Crippen molar-refractivity contribution in [1.82, 2.24) is 9.55 Å². The van der Waals surface area contributed by atoms with Crippen molar-refractivity contribution in [3.63, 3.8) is 0 Å². The van der Waals surface area contributed by atoms with Gasteiger partial charge in [-0.05, 0) is 24.4 Å². The van der Waals surface area contributed by atoms with Gasteiger partial charge in [0, 0.05) is 0 Å². The number of methoxy groups -OCH3 is 1. The third kappa shape index (κ3) is 1.67. The number of ether oxygens (including phenoxy) is 1. The molecule has 0 unspecified atom stereocenters. The Morgan fingerprint density at radius 3 is 3.00 bits per heavy atom. The Hall–Kier alpha value is -1.82. The molecule has 0 saturated carbocycles. The van der Waals surface area contributed by atoms with Gasteiger partial charge in [0.2, 0.25) is 5.91 Å². The Kier molecular flexibility index (Phi) is 2.66. The Morgan fingerprint density at radius 1 is 1.62 bits per heavy atom. The smallest absolute Gasteiger partial charge is 0.237 e. The fourth-order valence-electron chi connectivity index (χ4n) is 1.64. The molecule has 0 atom stereocenters. The number of hydrogen-bond donors (Lipinski definition) is 2. The van der Waals surface area contributed by atoms with Gasteiger partial charge in [-0.1, -0.05) is 6.07 Å². The van der Waals surface area contributed by atoms with E-state index in [1.807, 2.05) is 18.2 Å². The van der Waals surface area contributed by atoms with Gasteiger partial charge in [0.1, 0.15) is 17.8 Å². The highest BCUT2D eigenvalue weighted by molar-refractivity contribution is 7.71. The molecule has 1 amide bonds. The maximum atomic E-state index is 10.9. The molecule has 0 aliphatic heterocycles. The second-order valence-electron chi connectivity index (χ2n) is 3.34. The number of aromatic amines is 1. The number of primary amides is 1. The highest BCUT2D eigenvalue weighted by Gasteiger charge is 2.09. The summed E-state index contributed by atoms with van der Waals surface area (Å²) < 4.78 is 7.30. The zero-order chi connectivity index (χ0) is 11.7. The van der Waals surface area contributed by atoms with Gasteiger partial charge in [0.05, 0.1) is 12.6 Å². The Balaban J connectivity index is 2.71. The molecular weight excluding hydrogens is 226 g/mol. The summed E-state index contributed by atoms with van der Waals surface area (Å²) in [5, 5.41) is 0. The number of fused-ring (bicyclic) bond motifs is 1. The highest BCUT2D eigenvalue weighted by atomic mass is 32.1. The van der Waals surface area contributed by atoms with Crippen LogP contribution in [0.4, 0.5) is 0 Å². The summed E-state index contributed by atoms with van der Waals surface area (Å²) >= 11 is 5.12. The second-order valence-corrected chi connectivity index (χ2v) is 3.72. The van der Waals surface area contributed by atoms with E-state index in [1.165, 1.54) is 0 Å². The van der Waals surface area contributed by atoms with Crippen LogP contribution in [0, 0.1) is 4.77 Å². The molecule has 0 bridgehead atoms. The first kappa shape index (κ1) is 10.7. The summed E-state index contributed by atoms with van der Waals surface area (Å²) in [6, 6.07) is 5.51. The lowest BCUT2D eigenvalue weighted by Crippen LogP contribution is -2.18. The van der Waals surface area contributed by atoms with Crippen molar-refractivity contribution in [1.29, 1.82) is 0 Å². The van der Waals surface area contributed by atoms with E-state index in [0.29, 0.717) is 10.5 Å². The van der Waals surface area contributed by atoms with Crippen molar-refractivity contribution in [2.75, 3.05) is 7.11 Å². The van der Waals surface area contributed by atoms with E-state index in [9.17, 15) is 4.79 Å². The predicted molar refractivity (Wildman–Crippen MR) is 62.9 cm³/mol. The van der Waals surface area contributed by atoms with Gasteiger partial charge in [-0.25, -0.2) is 0 Å². The minimum Gasteiger partial charge on any atom is -0.494 e.